The van der Waals surface area contributed by atoms with E-state index in [4.69, 9.17) is 5.73 Å². The van der Waals surface area contributed by atoms with Gasteiger partial charge in [-0.05, 0) is 37.0 Å². The summed E-state index contributed by atoms with van der Waals surface area (Å²) in [6.45, 7) is 4.40. The number of nitrogen functional groups attached to an aromatic ring is 1. The highest BCUT2D eigenvalue weighted by molar-refractivity contribution is 7.89. The van der Waals surface area contributed by atoms with E-state index in [1.54, 1.807) is 0 Å². The summed E-state index contributed by atoms with van der Waals surface area (Å²) in [5.41, 5.74) is 5.62. The third-order valence-electron chi connectivity index (χ3n) is 3.06. The van der Waals surface area contributed by atoms with Crippen molar-refractivity contribution < 1.29 is 12.8 Å². The smallest absolute Gasteiger partial charge is 0.245 e. The van der Waals surface area contributed by atoms with E-state index in [-0.39, 0.29) is 22.5 Å². The van der Waals surface area contributed by atoms with Gasteiger partial charge in [0, 0.05) is 12.6 Å². The Morgan fingerprint density at radius 1 is 1.42 bits per heavy atom. The zero-order valence-corrected chi connectivity index (χ0v) is 12.0. The molecule has 0 amide bonds. The van der Waals surface area contributed by atoms with Gasteiger partial charge < -0.3 is 5.73 Å². The molecule has 1 saturated carbocycles. The lowest BCUT2D eigenvalue weighted by Crippen LogP contribution is -2.36. The normalized spacial score (nSPS) is 16.3. The summed E-state index contributed by atoms with van der Waals surface area (Å²) in [4.78, 5) is 0.00134. The number of benzene rings is 1. The molecule has 6 heteroatoms. The predicted octanol–water partition coefficient (Wildman–Crippen LogP) is 2.22. The number of nitrogens with zero attached hydrogens (tertiary/aromatic N) is 1. The summed E-state index contributed by atoms with van der Waals surface area (Å²) >= 11 is 0. The molecule has 1 aliphatic carbocycles. The monoisotopic (exact) mass is 286 g/mol. The zero-order valence-electron chi connectivity index (χ0n) is 11.1. The van der Waals surface area contributed by atoms with Crippen LogP contribution in [0.1, 0.15) is 26.7 Å². The van der Waals surface area contributed by atoms with Crippen LogP contribution in [-0.2, 0) is 10.0 Å². The van der Waals surface area contributed by atoms with Crippen molar-refractivity contribution in [3.05, 3.63) is 24.0 Å². The summed E-state index contributed by atoms with van der Waals surface area (Å²) in [7, 11) is -3.64. The molecule has 106 valence electrons. The first kappa shape index (κ1) is 14.3. The Kier molecular flexibility index (Phi) is 3.82. The van der Waals surface area contributed by atoms with Gasteiger partial charge in [-0.1, -0.05) is 13.8 Å². The molecule has 0 radical (unpaired) electrons. The van der Waals surface area contributed by atoms with Crippen LogP contribution in [0.3, 0.4) is 0 Å². The molecule has 0 aromatic heterocycles. The molecule has 4 nitrogen and oxygen atoms in total. The van der Waals surface area contributed by atoms with Gasteiger partial charge in [0.1, 0.15) is 10.7 Å². The molecule has 0 saturated heterocycles. The maximum Gasteiger partial charge on any atom is 0.245 e. The number of nitrogens with two attached hydrogens (primary N) is 1. The molecular formula is C13H19FN2O2S. The minimum Gasteiger partial charge on any atom is -0.398 e. The third-order valence-corrected chi connectivity index (χ3v) is 5.05. The van der Waals surface area contributed by atoms with E-state index in [2.05, 4.69) is 0 Å². The number of hydrogen-bond donors (Lipinski definition) is 1. The third kappa shape index (κ3) is 3.06. The maximum atomic E-state index is 13.0. The molecule has 0 bridgehead atoms. The fraction of sp³-hybridized carbons (Fsp3) is 0.538. The van der Waals surface area contributed by atoms with Gasteiger partial charge in [-0.15, -0.1) is 0 Å². The first-order valence-corrected chi connectivity index (χ1v) is 7.83. The zero-order chi connectivity index (χ0) is 14.2. The van der Waals surface area contributed by atoms with Crippen LogP contribution in [-0.4, -0.2) is 25.3 Å². The molecule has 1 fully saturated rings. The number of halogens is 1. The Labute approximate surface area is 113 Å². The molecule has 1 aromatic rings. The molecule has 2 rings (SSSR count). The molecule has 1 aromatic carbocycles. The number of rotatable bonds is 5. The van der Waals surface area contributed by atoms with Gasteiger partial charge in [-0.25, -0.2) is 12.8 Å². The van der Waals surface area contributed by atoms with E-state index in [1.165, 1.54) is 10.4 Å². The largest absolute Gasteiger partial charge is 0.398 e. The van der Waals surface area contributed by atoms with Crippen LogP contribution >= 0.6 is 0 Å². The second-order valence-electron chi connectivity index (χ2n) is 5.38. The average Bonchev–Trinajstić information content (AvgIpc) is 3.08. The minimum absolute atomic E-state index is 0.00134. The molecule has 1 aliphatic rings. The lowest BCUT2D eigenvalue weighted by Gasteiger charge is -2.24. The van der Waals surface area contributed by atoms with Gasteiger partial charge in [0.25, 0.3) is 0 Å². The van der Waals surface area contributed by atoms with Gasteiger partial charge in [0.05, 0.1) is 5.69 Å². The predicted molar refractivity (Wildman–Crippen MR) is 72.6 cm³/mol. The Morgan fingerprint density at radius 3 is 2.53 bits per heavy atom. The van der Waals surface area contributed by atoms with Crippen LogP contribution in [0.5, 0.6) is 0 Å². The second-order valence-corrected chi connectivity index (χ2v) is 7.24. The molecule has 0 heterocycles. The van der Waals surface area contributed by atoms with Crippen molar-refractivity contribution in [2.45, 2.75) is 37.6 Å². The standard InChI is InChI=1S/C13H19FN2O2S/c1-9(2)8-16(11-4-5-11)19(17,18)13-6-3-10(14)7-12(13)15/h3,6-7,9,11H,4-5,8,15H2,1-2H3. The highest BCUT2D eigenvalue weighted by atomic mass is 32.2. The summed E-state index contributed by atoms with van der Waals surface area (Å²) in [6.07, 6.45) is 1.76. The van der Waals surface area contributed by atoms with E-state index >= 15 is 0 Å². The van der Waals surface area contributed by atoms with Gasteiger partial charge >= 0.3 is 0 Å². The van der Waals surface area contributed by atoms with Crippen LogP contribution in [0.4, 0.5) is 10.1 Å². The Hall–Kier alpha value is -1.14. The van der Waals surface area contributed by atoms with Crippen molar-refractivity contribution in [3.8, 4) is 0 Å². The van der Waals surface area contributed by atoms with Crippen LogP contribution in [0, 0.1) is 11.7 Å². The summed E-state index contributed by atoms with van der Waals surface area (Å²) in [5, 5.41) is 0. The van der Waals surface area contributed by atoms with Crippen LogP contribution in [0.15, 0.2) is 23.1 Å². The van der Waals surface area contributed by atoms with Gasteiger partial charge in [0.15, 0.2) is 0 Å². The quantitative estimate of drug-likeness (QED) is 0.844. The lowest BCUT2D eigenvalue weighted by atomic mass is 10.2. The molecule has 0 unspecified atom stereocenters. The SMILES string of the molecule is CC(C)CN(C1CC1)S(=O)(=O)c1ccc(F)cc1N. The van der Waals surface area contributed by atoms with Gasteiger partial charge in [-0.3, -0.25) is 0 Å². The average molecular weight is 286 g/mol. The maximum absolute atomic E-state index is 13.0. The van der Waals surface area contributed by atoms with Crippen LogP contribution in [0.2, 0.25) is 0 Å². The summed E-state index contributed by atoms with van der Waals surface area (Å²) in [5.74, 6) is -0.296. The molecule has 0 aliphatic heterocycles. The Bertz CT molecular complexity index is 568. The van der Waals surface area contributed by atoms with Crippen molar-refractivity contribution in [3.63, 3.8) is 0 Å². The number of anilines is 1. The highest BCUT2D eigenvalue weighted by Gasteiger charge is 2.38. The van der Waals surface area contributed by atoms with E-state index in [9.17, 15) is 12.8 Å². The van der Waals surface area contributed by atoms with Crippen LogP contribution in [0.25, 0.3) is 0 Å². The first-order chi connectivity index (χ1) is 8.82. The van der Waals surface area contributed by atoms with Crippen molar-refractivity contribution in [1.82, 2.24) is 4.31 Å². The van der Waals surface area contributed by atoms with Gasteiger partial charge in [0.2, 0.25) is 10.0 Å². The lowest BCUT2D eigenvalue weighted by molar-refractivity contribution is 0.360. The van der Waals surface area contributed by atoms with E-state index in [0.717, 1.165) is 25.0 Å². The van der Waals surface area contributed by atoms with E-state index in [0.29, 0.717) is 6.54 Å². The van der Waals surface area contributed by atoms with Crippen molar-refractivity contribution in [2.24, 2.45) is 5.92 Å². The molecule has 19 heavy (non-hydrogen) atoms. The molecular weight excluding hydrogens is 267 g/mol. The summed E-state index contributed by atoms with van der Waals surface area (Å²) < 4.78 is 39.7. The number of hydrogen-bond acceptors (Lipinski definition) is 3. The molecule has 0 atom stereocenters. The Balaban J connectivity index is 2.38. The Morgan fingerprint density at radius 2 is 2.05 bits per heavy atom. The summed E-state index contributed by atoms with van der Waals surface area (Å²) in [6, 6.07) is 3.49. The van der Waals surface area contributed by atoms with Gasteiger partial charge in [-0.2, -0.15) is 4.31 Å². The van der Waals surface area contributed by atoms with Crippen molar-refractivity contribution >= 4 is 15.7 Å². The number of sulfonamides is 1. The van der Waals surface area contributed by atoms with Crippen LogP contribution < -0.4 is 5.73 Å². The van der Waals surface area contributed by atoms with Crippen molar-refractivity contribution in [2.75, 3.05) is 12.3 Å². The minimum atomic E-state index is -3.64. The fourth-order valence-corrected chi connectivity index (χ4v) is 3.99. The highest BCUT2D eigenvalue weighted by Crippen LogP contribution is 2.34. The van der Waals surface area contributed by atoms with E-state index < -0.39 is 15.8 Å². The topological polar surface area (TPSA) is 63.4 Å². The molecule has 0 spiro atoms. The van der Waals surface area contributed by atoms with E-state index in [1.807, 2.05) is 13.8 Å². The fourth-order valence-electron chi connectivity index (χ4n) is 2.05. The second kappa shape index (κ2) is 5.09. The first-order valence-electron chi connectivity index (χ1n) is 6.39. The molecule has 2 N–H and O–H groups in total. The van der Waals surface area contributed by atoms with Crippen molar-refractivity contribution in [1.29, 1.82) is 0 Å².